The maximum atomic E-state index is 12.2. The molecule has 0 aliphatic carbocycles. The zero-order valence-corrected chi connectivity index (χ0v) is 31.8. The van der Waals surface area contributed by atoms with Gasteiger partial charge in [-0.2, -0.15) is 49.6 Å². The number of aromatic nitrogens is 7. The van der Waals surface area contributed by atoms with Gasteiger partial charge in [-0.25, -0.2) is 0 Å². The minimum Gasteiger partial charge on any atom is -0.573 e. The van der Waals surface area contributed by atoms with Gasteiger partial charge in [-0.1, -0.05) is 59.5 Å². The zero-order chi connectivity index (χ0) is 36.3. The maximum absolute atomic E-state index is 12.2. The van der Waals surface area contributed by atoms with Gasteiger partial charge in [0.2, 0.25) is 12.7 Å². The van der Waals surface area contributed by atoms with E-state index in [-0.39, 0.29) is 25.8 Å². The molecular formula is C41H35F3IrN7-3. The van der Waals surface area contributed by atoms with Gasteiger partial charge in [0.25, 0.3) is 0 Å². The molecule has 0 saturated heterocycles. The van der Waals surface area contributed by atoms with Gasteiger partial charge in [-0.15, -0.1) is 33.7 Å². The zero-order valence-electron chi connectivity index (χ0n) is 29.4. The molecule has 0 unspecified atom stereocenters. The Morgan fingerprint density at radius 3 is 1.56 bits per heavy atom. The average molecular weight is 875 g/mol. The first-order valence-electron chi connectivity index (χ1n) is 16.2. The predicted octanol–water partition coefficient (Wildman–Crippen LogP) is 7.46. The number of aryl methyl sites for hydroxylation is 2. The Morgan fingerprint density at radius 2 is 1.15 bits per heavy atom. The van der Waals surface area contributed by atoms with Crippen LogP contribution in [-0.2, 0) is 40.4 Å². The molecule has 0 spiro atoms. The Labute approximate surface area is 314 Å². The Kier molecular flexibility index (Phi) is 11.6. The number of fused-ring (bicyclic) bond motifs is 2. The summed E-state index contributed by atoms with van der Waals surface area (Å²) in [6.45, 7) is 8.43. The standard InChI is InChI=1S/2C16H15N2.C9H5F3N3.Ir/c2*1-12-13(2)18(11-17(12)3)16-10-6-8-14-7-4-5-9-15(14)16;10-9(11,12)8-5-7(14-15-8)6-3-1-2-4-13-6;/h2*4-9H,1-3H3;1-5H;/q3*-1;. The van der Waals surface area contributed by atoms with Crippen LogP contribution in [0.5, 0.6) is 0 Å². The number of imidazole rings is 2. The third-order valence-corrected chi connectivity index (χ3v) is 8.83. The van der Waals surface area contributed by atoms with Gasteiger partial charge in [-0.05, 0) is 45.9 Å². The first-order valence-corrected chi connectivity index (χ1v) is 16.2. The van der Waals surface area contributed by atoms with Gasteiger partial charge in [0.1, 0.15) is 5.69 Å². The smallest absolute Gasteiger partial charge is 0.431 e. The number of hydrogen-bond acceptors (Lipinski definition) is 2. The summed E-state index contributed by atoms with van der Waals surface area (Å²) in [6.07, 6.45) is 3.67. The van der Waals surface area contributed by atoms with Gasteiger partial charge in [0.15, 0.2) is 0 Å². The molecule has 4 aromatic heterocycles. The summed E-state index contributed by atoms with van der Waals surface area (Å²) in [4.78, 5) is 3.87. The van der Waals surface area contributed by atoms with E-state index < -0.39 is 11.9 Å². The van der Waals surface area contributed by atoms with Crippen LogP contribution in [0, 0.1) is 52.5 Å². The van der Waals surface area contributed by atoms with Crippen molar-refractivity contribution in [2.24, 2.45) is 14.1 Å². The molecule has 0 fully saturated rings. The molecule has 8 rings (SSSR count). The number of nitrogens with zero attached hydrogens (tertiary/aromatic N) is 7. The second kappa shape index (κ2) is 15.9. The summed E-state index contributed by atoms with van der Waals surface area (Å²) in [6, 6.07) is 37.3. The van der Waals surface area contributed by atoms with Crippen molar-refractivity contribution in [1.29, 1.82) is 0 Å². The fourth-order valence-corrected chi connectivity index (χ4v) is 5.58. The SMILES string of the molecule is Cc1c(C)[n+](C)[c-]n1-c1[c-]ccc2ccccc12.Cc1c(C)[n+](C)[c-]n1-c1[c-]ccc2ccccc12.FC(F)(F)c1cc(-c2ccccn2)[n-]n1.[Ir]. The normalized spacial score (nSPS) is 11.0. The Hall–Kier alpha value is -5.38. The molecule has 267 valence electrons. The third-order valence-electron chi connectivity index (χ3n) is 8.83. The summed E-state index contributed by atoms with van der Waals surface area (Å²) in [5.41, 5.74) is 6.47. The largest absolute Gasteiger partial charge is 0.573 e. The van der Waals surface area contributed by atoms with Crippen molar-refractivity contribution in [1.82, 2.24) is 24.3 Å². The molecule has 11 heteroatoms. The Morgan fingerprint density at radius 1 is 0.673 bits per heavy atom. The Bertz CT molecular complexity index is 2310. The van der Waals surface area contributed by atoms with E-state index in [9.17, 15) is 13.2 Å². The van der Waals surface area contributed by atoms with E-state index in [1.54, 1.807) is 18.2 Å². The maximum Gasteiger partial charge on any atom is 0.431 e. The molecule has 7 nitrogen and oxygen atoms in total. The van der Waals surface area contributed by atoms with Crippen molar-refractivity contribution >= 4 is 21.5 Å². The van der Waals surface area contributed by atoms with Crippen molar-refractivity contribution in [2.75, 3.05) is 0 Å². The summed E-state index contributed by atoms with van der Waals surface area (Å²) < 4.78 is 44.8. The molecule has 0 aliphatic rings. The molecule has 0 amide bonds. The van der Waals surface area contributed by atoms with Crippen LogP contribution in [0.15, 0.2) is 103 Å². The molecule has 1 radical (unpaired) electrons. The van der Waals surface area contributed by atoms with Crippen LogP contribution in [0.25, 0.3) is 44.3 Å². The Balaban J connectivity index is 0.000000150. The molecule has 0 bridgehead atoms. The van der Waals surface area contributed by atoms with Crippen molar-refractivity contribution in [2.45, 2.75) is 33.9 Å². The molecule has 4 aromatic carbocycles. The molecule has 0 N–H and O–H groups in total. The molecular weight excluding hydrogens is 840 g/mol. The van der Waals surface area contributed by atoms with Crippen LogP contribution in [-0.4, -0.2) is 19.2 Å². The second-order valence-electron chi connectivity index (χ2n) is 12.0. The van der Waals surface area contributed by atoms with Crippen LogP contribution in [0.3, 0.4) is 0 Å². The summed E-state index contributed by atoms with van der Waals surface area (Å²) in [7, 11) is 4.04. The van der Waals surface area contributed by atoms with E-state index in [2.05, 4.69) is 137 Å². The molecule has 0 aliphatic heterocycles. The number of alkyl halides is 3. The first kappa shape index (κ1) is 37.9. The van der Waals surface area contributed by atoms with E-state index in [0.29, 0.717) is 5.69 Å². The number of benzene rings is 4. The average Bonchev–Trinajstić information content (AvgIpc) is 3.82. The molecule has 52 heavy (non-hydrogen) atoms. The number of rotatable bonds is 3. The van der Waals surface area contributed by atoms with Crippen LogP contribution in [0.2, 0.25) is 0 Å². The van der Waals surface area contributed by atoms with Crippen LogP contribution in [0.4, 0.5) is 13.2 Å². The fourth-order valence-electron chi connectivity index (χ4n) is 5.58. The van der Waals surface area contributed by atoms with Crippen molar-refractivity contribution in [3.05, 3.63) is 157 Å². The monoisotopic (exact) mass is 875 g/mol. The van der Waals surface area contributed by atoms with Crippen LogP contribution < -0.4 is 14.2 Å². The topological polar surface area (TPSA) is 57.5 Å². The van der Waals surface area contributed by atoms with Crippen LogP contribution >= 0.6 is 0 Å². The van der Waals surface area contributed by atoms with Gasteiger partial charge in [0, 0.05) is 54.8 Å². The summed E-state index contributed by atoms with van der Waals surface area (Å²) in [5.74, 6) is 0. The van der Waals surface area contributed by atoms with E-state index in [0.717, 1.165) is 17.4 Å². The van der Waals surface area contributed by atoms with Gasteiger partial charge >= 0.3 is 6.18 Å². The van der Waals surface area contributed by atoms with E-state index in [4.69, 9.17) is 0 Å². The number of pyridine rings is 1. The van der Waals surface area contributed by atoms with Gasteiger partial charge in [-0.3, -0.25) is 4.98 Å². The van der Waals surface area contributed by atoms with E-state index >= 15 is 0 Å². The summed E-state index contributed by atoms with van der Waals surface area (Å²) >= 11 is 0. The quantitative estimate of drug-likeness (QED) is 0.137. The fraction of sp³-hybridized carbons (Fsp3) is 0.171. The third kappa shape index (κ3) is 7.91. The molecule has 4 heterocycles. The van der Waals surface area contributed by atoms with Crippen molar-refractivity contribution < 1.29 is 42.4 Å². The second-order valence-corrected chi connectivity index (χ2v) is 12.0. The van der Waals surface area contributed by atoms with E-state index in [1.165, 1.54) is 50.5 Å². The minimum absolute atomic E-state index is 0. The van der Waals surface area contributed by atoms with Crippen molar-refractivity contribution in [3.8, 4) is 22.8 Å². The van der Waals surface area contributed by atoms with Gasteiger partial charge < -0.3 is 28.5 Å². The molecule has 0 atom stereocenters. The van der Waals surface area contributed by atoms with E-state index in [1.807, 2.05) is 35.4 Å². The van der Waals surface area contributed by atoms with Gasteiger partial charge in [0.05, 0.1) is 14.1 Å². The number of halogens is 3. The van der Waals surface area contributed by atoms with Crippen molar-refractivity contribution in [3.63, 3.8) is 0 Å². The first-order chi connectivity index (χ1) is 24.4. The predicted molar refractivity (Wildman–Crippen MR) is 189 cm³/mol. The summed E-state index contributed by atoms with van der Waals surface area (Å²) in [5, 5.41) is 11.3. The number of hydrogen-bond donors (Lipinski definition) is 0. The minimum atomic E-state index is -4.46. The molecule has 0 saturated carbocycles. The molecule has 8 aromatic rings. The van der Waals surface area contributed by atoms with Crippen LogP contribution in [0.1, 0.15) is 28.5 Å².